The second-order valence-corrected chi connectivity index (χ2v) is 7.32. The van der Waals surface area contributed by atoms with E-state index < -0.39 is 23.2 Å². The van der Waals surface area contributed by atoms with Crippen LogP contribution in [-0.4, -0.2) is 25.0 Å². The van der Waals surface area contributed by atoms with E-state index >= 15 is 0 Å². The van der Waals surface area contributed by atoms with Crippen LogP contribution in [0.3, 0.4) is 0 Å². The van der Waals surface area contributed by atoms with E-state index in [2.05, 4.69) is 25.3 Å². The summed E-state index contributed by atoms with van der Waals surface area (Å²) >= 11 is 1.38. The maximum Gasteiger partial charge on any atom is 0.222 e. The molecule has 4 aromatic rings. The fourth-order valence-electron chi connectivity index (χ4n) is 2.79. The SMILES string of the molecule is Cc1nc(CNc2ncccn2)sc1-c1cccc(-c2cc(F)c(O)c(F)c2F)n1. The predicted octanol–water partition coefficient (Wildman–Crippen LogP) is 4.71. The van der Waals surface area contributed by atoms with Gasteiger partial charge < -0.3 is 10.4 Å². The van der Waals surface area contributed by atoms with Gasteiger partial charge in [0.15, 0.2) is 17.4 Å². The number of thiazole rings is 1. The highest BCUT2D eigenvalue weighted by Gasteiger charge is 2.21. The Morgan fingerprint density at radius 3 is 2.50 bits per heavy atom. The van der Waals surface area contributed by atoms with E-state index in [1.54, 1.807) is 30.6 Å². The van der Waals surface area contributed by atoms with E-state index in [4.69, 9.17) is 0 Å². The van der Waals surface area contributed by atoms with E-state index in [0.29, 0.717) is 29.9 Å². The van der Waals surface area contributed by atoms with Crippen molar-refractivity contribution in [2.24, 2.45) is 0 Å². The second-order valence-electron chi connectivity index (χ2n) is 6.24. The van der Waals surface area contributed by atoms with Crippen LogP contribution in [0.25, 0.3) is 21.8 Å². The summed E-state index contributed by atoms with van der Waals surface area (Å²) in [6, 6.07) is 7.17. The van der Waals surface area contributed by atoms with Gasteiger partial charge >= 0.3 is 0 Å². The molecule has 10 heteroatoms. The minimum absolute atomic E-state index is 0.0351. The average Bonchev–Trinajstić information content (AvgIpc) is 3.14. The molecule has 0 amide bonds. The smallest absolute Gasteiger partial charge is 0.222 e. The summed E-state index contributed by atoms with van der Waals surface area (Å²) in [6.07, 6.45) is 3.24. The number of nitrogens with zero attached hydrogens (tertiary/aromatic N) is 4. The lowest BCUT2D eigenvalue weighted by atomic mass is 10.1. The Morgan fingerprint density at radius 2 is 1.73 bits per heavy atom. The van der Waals surface area contributed by atoms with Gasteiger partial charge in [-0.25, -0.2) is 28.7 Å². The number of pyridine rings is 1. The summed E-state index contributed by atoms with van der Waals surface area (Å²) in [7, 11) is 0. The van der Waals surface area contributed by atoms with Gasteiger partial charge in [-0.05, 0) is 31.2 Å². The highest BCUT2D eigenvalue weighted by molar-refractivity contribution is 7.15. The molecule has 152 valence electrons. The lowest BCUT2D eigenvalue weighted by Gasteiger charge is -2.07. The van der Waals surface area contributed by atoms with Crippen molar-refractivity contribution in [3.8, 4) is 27.6 Å². The molecule has 0 saturated heterocycles. The van der Waals surface area contributed by atoms with Crippen LogP contribution in [0.1, 0.15) is 10.7 Å². The number of halogens is 3. The molecule has 0 saturated carbocycles. The number of hydrogen-bond acceptors (Lipinski definition) is 7. The van der Waals surface area contributed by atoms with E-state index in [-0.39, 0.29) is 11.3 Å². The Kier molecular flexibility index (Phi) is 5.32. The van der Waals surface area contributed by atoms with Gasteiger partial charge in [-0.15, -0.1) is 11.3 Å². The van der Waals surface area contributed by atoms with E-state index in [0.717, 1.165) is 9.88 Å². The molecule has 6 nitrogen and oxygen atoms in total. The minimum Gasteiger partial charge on any atom is -0.503 e. The summed E-state index contributed by atoms with van der Waals surface area (Å²) in [6.45, 7) is 2.21. The van der Waals surface area contributed by atoms with Gasteiger partial charge in [-0.1, -0.05) is 6.07 Å². The molecule has 3 heterocycles. The quantitative estimate of drug-likeness (QED) is 0.447. The van der Waals surface area contributed by atoms with Gasteiger partial charge in [0.2, 0.25) is 11.8 Å². The highest BCUT2D eigenvalue weighted by Crippen LogP contribution is 2.34. The Labute approximate surface area is 173 Å². The third kappa shape index (κ3) is 3.81. The molecule has 0 atom stereocenters. The number of phenols is 1. The van der Waals surface area contributed by atoms with Crippen molar-refractivity contribution in [3.63, 3.8) is 0 Å². The van der Waals surface area contributed by atoms with E-state index in [1.165, 1.54) is 17.4 Å². The van der Waals surface area contributed by atoms with Crippen LogP contribution in [0.5, 0.6) is 5.75 Å². The van der Waals surface area contributed by atoms with Crippen molar-refractivity contribution in [1.82, 2.24) is 19.9 Å². The zero-order valence-corrected chi connectivity index (χ0v) is 16.3. The molecule has 0 fully saturated rings. The lowest BCUT2D eigenvalue weighted by molar-refractivity contribution is 0.377. The third-order valence-electron chi connectivity index (χ3n) is 4.20. The van der Waals surface area contributed by atoms with Crippen LogP contribution in [0.2, 0.25) is 0 Å². The Balaban J connectivity index is 1.64. The van der Waals surface area contributed by atoms with Crippen LogP contribution in [-0.2, 0) is 6.54 Å². The number of phenolic OH excluding ortho intramolecular Hbond substituents is 1. The first-order chi connectivity index (χ1) is 14.4. The first kappa shape index (κ1) is 19.8. The van der Waals surface area contributed by atoms with Crippen LogP contribution in [0, 0.1) is 24.4 Å². The number of aromatic hydroxyl groups is 1. The van der Waals surface area contributed by atoms with Crippen molar-refractivity contribution >= 4 is 17.3 Å². The van der Waals surface area contributed by atoms with Crippen LogP contribution in [0.15, 0.2) is 42.7 Å². The average molecular weight is 429 g/mol. The number of hydrogen-bond donors (Lipinski definition) is 2. The Morgan fingerprint density at radius 1 is 1.00 bits per heavy atom. The molecule has 4 rings (SSSR count). The minimum atomic E-state index is -1.65. The van der Waals surface area contributed by atoms with E-state index in [1.807, 2.05) is 6.92 Å². The molecule has 30 heavy (non-hydrogen) atoms. The fourth-order valence-corrected chi connectivity index (χ4v) is 3.77. The second kappa shape index (κ2) is 8.07. The lowest BCUT2D eigenvalue weighted by Crippen LogP contribution is -2.02. The van der Waals surface area contributed by atoms with Gasteiger partial charge in [-0.2, -0.15) is 4.39 Å². The van der Waals surface area contributed by atoms with Crippen LogP contribution >= 0.6 is 11.3 Å². The Bertz CT molecular complexity index is 1220. The van der Waals surface area contributed by atoms with Crippen LogP contribution < -0.4 is 5.32 Å². The first-order valence-corrected chi connectivity index (χ1v) is 9.57. The normalized spacial score (nSPS) is 10.9. The molecule has 0 spiro atoms. The topological polar surface area (TPSA) is 83.8 Å². The summed E-state index contributed by atoms with van der Waals surface area (Å²) in [5, 5.41) is 13.1. The number of anilines is 1. The standard InChI is InChI=1S/C20H14F3N5OS/c1-10-19(30-15(27-10)9-26-20-24-6-3-7-25-20)14-5-2-4-13(28-14)11-8-12(21)18(29)17(23)16(11)22/h2-8,29H,9H2,1H3,(H,24,25,26). The molecule has 3 aromatic heterocycles. The zero-order chi connectivity index (χ0) is 21.3. The maximum atomic E-state index is 14.2. The van der Waals surface area contributed by atoms with Crippen molar-refractivity contribution in [3.05, 3.63) is 70.9 Å². The molecular formula is C20H14F3N5OS. The van der Waals surface area contributed by atoms with Gasteiger partial charge in [0.05, 0.1) is 28.5 Å². The van der Waals surface area contributed by atoms with Gasteiger partial charge in [0.1, 0.15) is 5.01 Å². The zero-order valence-electron chi connectivity index (χ0n) is 15.5. The van der Waals surface area contributed by atoms with Crippen molar-refractivity contribution in [1.29, 1.82) is 0 Å². The molecule has 0 bridgehead atoms. The summed E-state index contributed by atoms with van der Waals surface area (Å²) in [4.78, 5) is 17.7. The summed E-state index contributed by atoms with van der Waals surface area (Å²) < 4.78 is 41.7. The Hall–Kier alpha value is -3.53. The maximum absolute atomic E-state index is 14.2. The number of benzene rings is 1. The molecule has 0 radical (unpaired) electrons. The molecule has 0 aliphatic heterocycles. The predicted molar refractivity (Wildman–Crippen MR) is 106 cm³/mol. The molecule has 1 aromatic carbocycles. The largest absolute Gasteiger partial charge is 0.503 e. The van der Waals surface area contributed by atoms with Gasteiger partial charge in [0.25, 0.3) is 0 Å². The molecular weight excluding hydrogens is 415 g/mol. The first-order valence-electron chi connectivity index (χ1n) is 8.75. The molecule has 0 aliphatic rings. The van der Waals surface area contributed by atoms with Crippen molar-refractivity contribution in [2.45, 2.75) is 13.5 Å². The van der Waals surface area contributed by atoms with Crippen molar-refractivity contribution in [2.75, 3.05) is 5.32 Å². The number of aryl methyl sites for hydroxylation is 1. The third-order valence-corrected chi connectivity index (χ3v) is 5.38. The highest BCUT2D eigenvalue weighted by atomic mass is 32.1. The number of nitrogens with one attached hydrogen (secondary N) is 1. The molecule has 0 unspecified atom stereocenters. The number of rotatable bonds is 5. The van der Waals surface area contributed by atoms with Crippen molar-refractivity contribution < 1.29 is 18.3 Å². The van der Waals surface area contributed by atoms with E-state index in [9.17, 15) is 18.3 Å². The van der Waals surface area contributed by atoms with Gasteiger partial charge in [-0.3, -0.25) is 0 Å². The molecule has 0 aliphatic carbocycles. The molecule has 2 N–H and O–H groups in total. The summed E-state index contributed by atoms with van der Waals surface area (Å²) in [5.41, 5.74) is 0.847. The monoisotopic (exact) mass is 429 g/mol. The number of aromatic nitrogens is 4. The van der Waals surface area contributed by atoms with Crippen LogP contribution in [0.4, 0.5) is 19.1 Å². The summed E-state index contributed by atoms with van der Waals surface area (Å²) in [5.74, 6) is -5.17. The van der Waals surface area contributed by atoms with Gasteiger partial charge in [0, 0.05) is 18.0 Å². The fraction of sp³-hybridized carbons (Fsp3) is 0.100.